The molecule has 4 fully saturated rings. The first kappa shape index (κ1) is 45.7. The van der Waals surface area contributed by atoms with E-state index in [-0.39, 0.29) is 37.6 Å². The standard InChI is InChI=1S/C47H55N7O9S2/c1-6-29-26-47(29,44(59)52-65(60,61)32-16-17-32)51-42(57)38-23-31(63-39-25-35(28-12-8-7-9-13-28)49-36-22-30(62-5)15-18-33(36)39)27-54(38)43(58)34(46(2,3)4)24-40(55)53-20-11-10-14-37(53)41(56)50-45-48-19-21-64-45/h6-9,12-13,15,18-19,21-22,25,29,31-32,34,37-38H,1,10-11,14,16-17,20,23-24,26-27H2,2-5H3,(H,51,57)(H,52,59)(H,48,50,56)/t29?,31-,34-,37+,38+,47?/m1/s1. The minimum absolute atomic E-state index is 0.00494. The predicted octanol–water partition coefficient (Wildman–Crippen LogP) is 5.46. The quantitative estimate of drug-likeness (QED) is 0.128. The van der Waals surface area contributed by atoms with Gasteiger partial charge in [0.15, 0.2) is 5.13 Å². The van der Waals surface area contributed by atoms with E-state index in [9.17, 15) is 27.6 Å². The molecule has 16 nitrogen and oxygen atoms in total. The highest BCUT2D eigenvalue weighted by Gasteiger charge is 2.62. The van der Waals surface area contributed by atoms with Crippen molar-refractivity contribution in [1.29, 1.82) is 0 Å². The summed E-state index contributed by atoms with van der Waals surface area (Å²) in [7, 11) is -2.38. The van der Waals surface area contributed by atoms with Crippen molar-refractivity contribution in [2.75, 3.05) is 25.5 Å². The molecule has 18 heteroatoms. The van der Waals surface area contributed by atoms with Crippen molar-refractivity contribution >= 4 is 66.9 Å². The minimum Gasteiger partial charge on any atom is -0.497 e. The van der Waals surface area contributed by atoms with Gasteiger partial charge in [0, 0.05) is 60.0 Å². The zero-order chi connectivity index (χ0) is 46.3. The van der Waals surface area contributed by atoms with Gasteiger partial charge in [-0.1, -0.05) is 57.2 Å². The van der Waals surface area contributed by atoms with Gasteiger partial charge in [0.2, 0.25) is 33.7 Å². The Kier molecular flexibility index (Phi) is 12.8. The number of anilines is 1. The molecule has 2 aliphatic heterocycles. The van der Waals surface area contributed by atoms with Gasteiger partial charge in [0.05, 0.1) is 36.0 Å². The molecule has 0 radical (unpaired) electrons. The normalized spacial score (nSPS) is 23.6. The smallest absolute Gasteiger partial charge is 0.259 e. The van der Waals surface area contributed by atoms with Crippen LogP contribution in [0.15, 0.2) is 78.8 Å². The number of ether oxygens (including phenoxy) is 2. The Balaban J connectivity index is 1.10. The summed E-state index contributed by atoms with van der Waals surface area (Å²) in [5, 5.41) is 7.85. The molecule has 2 aromatic carbocycles. The summed E-state index contributed by atoms with van der Waals surface area (Å²) >= 11 is 1.28. The first-order valence-electron chi connectivity index (χ1n) is 22.0. The number of thiazole rings is 1. The first-order valence-corrected chi connectivity index (χ1v) is 24.5. The molecule has 3 N–H and O–H groups in total. The lowest BCUT2D eigenvalue weighted by Gasteiger charge is -2.38. The molecule has 0 spiro atoms. The second-order valence-corrected chi connectivity index (χ2v) is 21.3. The Hall–Kier alpha value is -5.88. The summed E-state index contributed by atoms with van der Waals surface area (Å²) in [5.41, 5.74) is -0.328. The summed E-state index contributed by atoms with van der Waals surface area (Å²) in [4.78, 5) is 83.6. The van der Waals surface area contributed by atoms with Crippen LogP contribution in [0.3, 0.4) is 0 Å². The van der Waals surface area contributed by atoms with E-state index in [0.717, 1.165) is 12.0 Å². The molecule has 4 aliphatic rings. The zero-order valence-corrected chi connectivity index (χ0v) is 38.6. The number of carbonyl (C=O) groups is 5. The van der Waals surface area contributed by atoms with Crippen LogP contribution in [0.1, 0.15) is 72.1 Å². The summed E-state index contributed by atoms with van der Waals surface area (Å²) < 4.78 is 40.3. The number of likely N-dealkylation sites (tertiary alicyclic amines) is 2. The molecule has 2 aliphatic carbocycles. The molecule has 65 heavy (non-hydrogen) atoms. The third-order valence-electron chi connectivity index (χ3n) is 13.0. The van der Waals surface area contributed by atoms with Crippen LogP contribution in [0.5, 0.6) is 11.5 Å². The van der Waals surface area contributed by atoms with Crippen molar-refractivity contribution < 1.29 is 41.9 Å². The lowest BCUT2D eigenvalue weighted by atomic mass is 9.77. The number of nitrogens with zero attached hydrogens (tertiary/aromatic N) is 4. The van der Waals surface area contributed by atoms with Crippen LogP contribution in [-0.4, -0.2) is 107 Å². The third-order valence-corrected chi connectivity index (χ3v) is 15.5. The summed E-state index contributed by atoms with van der Waals surface area (Å²) in [5.74, 6) is -3.16. The number of methoxy groups -OCH3 is 1. The topological polar surface area (TPSA) is 206 Å². The number of piperidine rings is 1. The second-order valence-electron chi connectivity index (χ2n) is 18.5. The predicted molar refractivity (Wildman–Crippen MR) is 245 cm³/mol. The van der Waals surface area contributed by atoms with Gasteiger partial charge in [-0.05, 0) is 56.1 Å². The van der Waals surface area contributed by atoms with E-state index in [1.165, 1.54) is 22.3 Å². The van der Waals surface area contributed by atoms with Gasteiger partial charge in [-0.15, -0.1) is 17.9 Å². The van der Waals surface area contributed by atoms with E-state index in [1.54, 1.807) is 35.7 Å². The highest BCUT2D eigenvalue weighted by atomic mass is 32.2. The minimum atomic E-state index is -3.95. The molecule has 4 heterocycles. The Morgan fingerprint density at radius 2 is 1.77 bits per heavy atom. The van der Waals surface area contributed by atoms with Gasteiger partial charge in [-0.3, -0.25) is 28.7 Å². The molecule has 5 amide bonds. The number of carbonyl (C=O) groups excluding carboxylic acids is 5. The van der Waals surface area contributed by atoms with Crippen molar-refractivity contribution in [2.24, 2.45) is 17.3 Å². The monoisotopic (exact) mass is 925 g/mol. The van der Waals surface area contributed by atoms with Crippen LogP contribution in [-0.2, 0) is 34.0 Å². The van der Waals surface area contributed by atoms with Gasteiger partial charge >= 0.3 is 0 Å². The van der Waals surface area contributed by atoms with Crippen molar-refractivity contribution in [2.45, 2.75) is 101 Å². The fourth-order valence-corrected chi connectivity index (χ4v) is 10.9. The molecule has 2 saturated carbocycles. The van der Waals surface area contributed by atoms with Crippen LogP contribution >= 0.6 is 11.3 Å². The maximum Gasteiger partial charge on any atom is 0.259 e. The van der Waals surface area contributed by atoms with Crippen molar-refractivity contribution in [3.63, 3.8) is 0 Å². The maximum absolute atomic E-state index is 15.2. The van der Waals surface area contributed by atoms with Crippen molar-refractivity contribution in [3.05, 3.63) is 78.8 Å². The lowest BCUT2D eigenvalue weighted by Crippen LogP contribution is -2.57. The average Bonchev–Trinajstić information content (AvgIpc) is 4.17. The number of amides is 5. The number of pyridine rings is 1. The first-order chi connectivity index (χ1) is 31.0. The van der Waals surface area contributed by atoms with Gasteiger partial charge in [0.25, 0.3) is 5.91 Å². The van der Waals surface area contributed by atoms with Crippen LogP contribution in [0.25, 0.3) is 22.2 Å². The van der Waals surface area contributed by atoms with Gasteiger partial charge in [-0.25, -0.2) is 18.4 Å². The summed E-state index contributed by atoms with van der Waals surface area (Å²) in [6.07, 6.45) is 5.01. The van der Waals surface area contributed by atoms with Gasteiger partial charge in [-0.2, -0.15) is 0 Å². The summed E-state index contributed by atoms with van der Waals surface area (Å²) in [6, 6.07) is 14.9. The zero-order valence-electron chi connectivity index (χ0n) is 37.0. The number of nitrogens with one attached hydrogen (secondary N) is 3. The van der Waals surface area contributed by atoms with Crippen LogP contribution in [0.4, 0.5) is 5.13 Å². The van der Waals surface area contributed by atoms with E-state index in [1.807, 2.05) is 63.2 Å². The molecular weight excluding hydrogens is 871 g/mol. The molecule has 2 saturated heterocycles. The van der Waals surface area contributed by atoms with Crippen LogP contribution < -0.4 is 24.8 Å². The molecule has 8 rings (SSSR count). The van der Waals surface area contributed by atoms with E-state index in [0.29, 0.717) is 65.5 Å². The largest absolute Gasteiger partial charge is 0.497 e. The molecule has 344 valence electrons. The number of rotatable bonds is 15. The highest BCUT2D eigenvalue weighted by molar-refractivity contribution is 7.91. The fourth-order valence-electron chi connectivity index (χ4n) is 8.96. The number of fused-ring (bicyclic) bond motifs is 1. The molecule has 2 unspecified atom stereocenters. The number of hydrogen-bond acceptors (Lipinski definition) is 12. The van der Waals surface area contributed by atoms with E-state index in [2.05, 4.69) is 26.9 Å². The number of sulfonamides is 1. The summed E-state index contributed by atoms with van der Waals surface area (Å²) in [6.45, 7) is 9.67. The van der Waals surface area contributed by atoms with E-state index in [4.69, 9.17) is 14.5 Å². The maximum atomic E-state index is 15.2. The van der Waals surface area contributed by atoms with E-state index >= 15 is 4.79 Å². The Bertz CT molecular complexity index is 2600. The third kappa shape index (κ3) is 9.74. The van der Waals surface area contributed by atoms with Crippen molar-refractivity contribution in [1.82, 2.24) is 29.8 Å². The highest BCUT2D eigenvalue weighted by Crippen LogP contribution is 2.46. The lowest BCUT2D eigenvalue weighted by molar-refractivity contribution is -0.150. The van der Waals surface area contributed by atoms with Gasteiger partial charge in [0.1, 0.15) is 35.2 Å². The number of benzene rings is 2. The molecule has 0 bridgehead atoms. The molecule has 6 atom stereocenters. The van der Waals surface area contributed by atoms with Crippen LogP contribution in [0, 0.1) is 17.3 Å². The van der Waals surface area contributed by atoms with E-state index < -0.39 is 74.0 Å². The molecule has 2 aromatic heterocycles. The Morgan fingerprint density at radius 1 is 1.00 bits per heavy atom. The Morgan fingerprint density at radius 3 is 2.43 bits per heavy atom. The molecular formula is C47H55N7O9S2. The molecule has 4 aromatic rings. The van der Waals surface area contributed by atoms with Gasteiger partial charge < -0.3 is 29.9 Å². The van der Waals surface area contributed by atoms with Crippen LogP contribution in [0.2, 0.25) is 0 Å². The fraction of sp³-hybridized carbons (Fsp3) is 0.468. The number of hydrogen-bond donors (Lipinski definition) is 3. The van der Waals surface area contributed by atoms with Crippen molar-refractivity contribution in [3.8, 4) is 22.8 Å². The number of aromatic nitrogens is 2. The average molecular weight is 926 g/mol. The Labute approximate surface area is 382 Å². The SMILES string of the molecule is C=CC1CC1(NC(=O)[C@@H]1C[C@@H](Oc2cc(-c3ccccc3)nc3cc(OC)ccc23)CN1C(=O)[C@@H](CC(=O)N1CCCC[C@H]1C(=O)Nc1nccs1)C(C)(C)C)C(=O)NS(=O)(=O)C1CC1. The second kappa shape index (κ2) is 18.2.